The van der Waals surface area contributed by atoms with E-state index in [1.54, 1.807) is 48.5 Å². The van der Waals surface area contributed by atoms with Crippen LogP contribution in [-0.2, 0) is 14.4 Å². The standard InChI is InChI=1S/C27H24N2O5S/c1-17(27(33)34)16-24(31)28-21-12-14-23(15-13-21)35-25(20-6-4-3-5-7-20)26(32)29-22-10-8-19(9-11-22)18(2)30/h3-16,25H,1-2H3,(H,28,31)(H,29,32)(H,33,34)/b17-16-. The summed E-state index contributed by atoms with van der Waals surface area (Å²) in [5.74, 6) is -1.97. The van der Waals surface area contributed by atoms with Crippen LogP contribution in [0.25, 0.3) is 0 Å². The number of hydrogen-bond donors (Lipinski definition) is 3. The lowest BCUT2D eigenvalue weighted by Gasteiger charge is -2.17. The molecule has 0 aromatic heterocycles. The molecule has 8 heteroatoms. The number of carboxylic acid groups (broad SMARTS) is 1. The SMILES string of the molecule is CC(=O)c1ccc(NC(=O)C(Sc2ccc(NC(=O)/C=C(/C)C(=O)O)cc2)c2ccccc2)cc1. The Labute approximate surface area is 207 Å². The summed E-state index contributed by atoms with van der Waals surface area (Å²) in [5, 5.41) is 13.9. The summed E-state index contributed by atoms with van der Waals surface area (Å²) >= 11 is 1.35. The van der Waals surface area contributed by atoms with Crippen LogP contribution >= 0.6 is 11.8 Å². The Balaban J connectivity index is 1.74. The molecular formula is C27H24N2O5S. The Morgan fingerprint density at radius 1 is 0.800 bits per heavy atom. The Hall–Kier alpha value is -4.17. The number of ketones is 1. The third kappa shape index (κ3) is 7.41. The molecule has 0 radical (unpaired) electrons. The van der Waals surface area contributed by atoms with Crippen molar-refractivity contribution in [1.29, 1.82) is 0 Å². The smallest absolute Gasteiger partial charge is 0.331 e. The number of aliphatic carboxylic acids is 1. The molecular weight excluding hydrogens is 464 g/mol. The number of carbonyl (C=O) groups excluding carboxylic acids is 3. The molecule has 3 rings (SSSR count). The van der Waals surface area contributed by atoms with Crippen LogP contribution in [0.2, 0.25) is 0 Å². The molecule has 0 fully saturated rings. The summed E-state index contributed by atoms with van der Waals surface area (Å²) in [5.41, 5.74) is 2.41. The van der Waals surface area contributed by atoms with Gasteiger partial charge >= 0.3 is 5.97 Å². The number of hydrogen-bond acceptors (Lipinski definition) is 5. The first-order valence-electron chi connectivity index (χ1n) is 10.7. The Morgan fingerprint density at radius 3 is 1.94 bits per heavy atom. The van der Waals surface area contributed by atoms with Gasteiger partial charge in [0.05, 0.1) is 0 Å². The summed E-state index contributed by atoms with van der Waals surface area (Å²) < 4.78 is 0. The van der Waals surface area contributed by atoms with Crippen LogP contribution in [0, 0.1) is 0 Å². The lowest BCUT2D eigenvalue weighted by atomic mass is 10.1. The fraction of sp³-hybridized carbons (Fsp3) is 0.111. The van der Waals surface area contributed by atoms with E-state index in [9.17, 15) is 19.2 Å². The maximum atomic E-state index is 13.2. The third-order valence-corrected chi connectivity index (χ3v) is 6.23. The van der Waals surface area contributed by atoms with Crippen molar-refractivity contribution >= 4 is 46.7 Å². The molecule has 0 aliphatic heterocycles. The largest absolute Gasteiger partial charge is 0.478 e. The van der Waals surface area contributed by atoms with Gasteiger partial charge in [0.1, 0.15) is 5.25 Å². The van der Waals surface area contributed by atoms with Crippen LogP contribution in [0.3, 0.4) is 0 Å². The number of carbonyl (C=O) groups is 4. The molecule has 0 bridgehead atoms. The molecule has 0 saturated carbocycles. The van der Waals surface area contributed by atoms with Crippen LogP contribution < -0.4 is 10.6 Å². The average Bonchev–Trinajstić information content (AvgIpc) is 2.84. The fourth-order valence-corrected chi connectivity index (χ4v) is 4.11. The lowest BCUT2D eigenvalue weighted by molar-refractivity contribution is -0.132. The summed E-state index contributed by atoms with van der Waals surface area (Å²) in [6, 6.07) is 23.0. The Bertz CT molecular complexity index is 1250. The van der Waals surface area contributed by atoms with Gasteiger partial charge in [0, 0.05) is 33.5 Å². The highest BCUT2D eigenvalue weighted by molar-refractivity contribution is 8.00. The molecule has 0 heterocycles. The highest BCUT2D eigenvalue weighted by Crippen LogP contribution is 2.36. The monoisotopic (exact) mass is 488 g/mol. The van der Waals surface area contributed by atoms with Gasteiger partial charge in [0.15, 0.2) is 5.78 Å². The summed E-state index contributed by atoms with van der Waals surface area (Å²) in [7, 11) is 0. The zero-order valence-electron chi connectivity index (χ0n) is 19.1. The highest BCUT2D eigenvalue weighted by atomic mass is 32.2. The van der Waals surface area contributed by atoms with Crippen molar-refractivity contribution in [3.63, 3.8) is 0 Å². The van der Waals surface area contributed by atoms with Crippen molar-refractivity contribution in [3.05, 3.63) is 102 Å². The predicted octanol–water partition coefficient (Wildman–Crippen LogP) is 5.33. The van der Waals surface area contributed by atoms with Gasteiger partial charge in [-0.05, 0) is 67.9 Å². The number of thioether (sulfide) groups is 1. The topological polar surface area (TPSA) is 113 Å². The summed E-state index contributed by atoms with van der Waals surface area (Å²) in [6.07, 6.45) is 1.02. The molecule has 3 N–H and O–H groups in total. The first-order valence-corrected chi connectivity index (χ1v) is 11.6. The summed E-state index contributed by atoms with van der Waals surface area (Å²) in [4.78, 5) is 48.3. The van der Waals surface area contributed by atoms with E-state index in [1.165, 1.54) is 25.6 Å². The van der Waals surface area contributed by atoms with Gasteiger partial charge in [-0.2, -0.15) is 0 Å². The number of Topliss-reactive ketones (excluding diaryl/α,β-unsaturated/α-hetero) is 1. The van der Waals surface area contributed by atoms with E-state index in [1.807, 2.05) is 30.3 Å². The van der Waals surface area contributed by atoms with Gasteiger partial charge in [-0.15, -0.1) is 11.8 Å². The van der Waals surface area contributed by atoms with E-state index in [4.69, 9.17) is 5.11 Å². The minimum absolute atomic E-state index is 0.0479. The van der Waals surface area contributed by atoms with Crippen molar-refractivity contribution < 1.29 is 24.3 Å². The minimum atomic E-state index is -1.16. The van der Waals surface area contributed by atoms with Gasteiger partial charge < -0.3 is 15.7 Å². The molecule has 1 unspecified atom stereocenters. The number of benzene rings is 3. The number of rotatable bonds is 9. The van der Waals surface area contributed by atoms with E-state index < -0.39 is 17.1 Å². The number of amides is 2. The summed E-state index contributed by atoms with van der Waals surface area (Å²) in [6.45, 7) is 2.83. The van der Waals surface area contributed by atoms with E-state index in [2.05, 4.69) is 10.6 Å². The van der Waals surface area contributed by atoms with Crippen LogP contribution in [0.4, 0.5) is 11.4 Å². The molecule has 0 aliphatic rings. The first kappa shape index (κ1) is 25.5. The first-order chi connectivity index (χ1) is 16.7. The van der Waals surface area contributed by atoms with Crippen molar-refractivity contribution in [2.75, 3.05) is 10.6 Å². The van der Waals surface area contributed by atoms with Crippen molar-refractivity contribution in [1.82, 2.24) is 0 Å². The Morgan fingerprint density at radius 2 is 1.37 bits per heavy atom. The van der Waals surface area contributed by atoms with Crippen molar-refractivity contribution in [2.24, 2.45) is 0 Å². The van der Waals surface area contributed by atoms with Crippen LogP contribution in [0.15, 0.2) is 95.4 Å². The second kappa shape index (κ2) is 11.8. The van der Waals surface area contributed by atoms with E-state index in [0.29, 0.717) is 16.9 Å². The second-order valence-corrected chi connectivity index (χ2v) is 8.86. The molecule has 3 aromatic carbocycles. The normalized spacial score (nSPS) is 11.9. The molecule has 0 aliphatic carbocycles. The number of nitrogens with one attached hydrogen (secondary N) is 2. The third-order valence-electron chi connectivity index (χ3n) is 4.96. The van der Waals surface area contributed by atoms with Crippen molar-refractivity contribution in [2.45, 2.75) is 24.0 Å². The van der Waals surface area contributed by atoms with Crippen LogP contribution in [-0.4, -0.2) is 28.7 Å². The quantitative estimate of drug-likeness (QED) is 0.213. The molecule has 178 valence electrons. The van der Waals surface area contributed by atoms with Crippen molar-refractivity contribution in [3.8, 4) is 0 Å². The van der Waals surface area contributed by atoms with E-state index >= 15 is 0 Å². The van der Waals surface area contributed by atoms with Crippen LogP contribution in [0.5, 0.6) is 0 Å². The second-order valence-electron chi connectivity index (χ2n) is 7.68. The maximum Gasteiger partial charge on any atom is 0.331 e. The average molecular weight is 489 g/mol. The number of anilines is 2. The van der Waals surface area contributed by atoms with E-state index in [-0.39, 0.29) is 17.3 Å². The minimum Gasteiger partial charge on any atom is -0.478 e. The van der Waals surface area contributed by atoms with Gasteiger partial charge in [-0.1, -0.05) is 30.3 Å². The molecule has 7 nitrogen and oxygen atoms in total. The van der Waals surface area contributed by atoms with Crippen LogP contribution in [0.1, 0.15) is 35.0 Å². The molecule has 0 saturated heterocycles. The van der Waals surface area contributed by atoms with E-state index in [0.717, 1.165) is 16.5 Å². The Kier molecular flexibility index (Phi) is 8.58. The fourth-order valence-electron chi connectivity index (χ4n) is 3.09. The zero-order valence-corrected chi connectivity index (χ0v) is 20.0. The van der Waals surface area contributed by atoms with Gasteiger partial charge in [0.25, 0.3) is 0 Å². The molecule has 1 atom stereocenters. The number of carboxylic acids is 1. The lowest BCUT2D eigenvalue weighted by Crippen LogP contribution is -2.19. The molecule has 3 aromatic rings. The van der Waals surface area contributed by atoms with Gasteiger partial charge in [0.2, 0.25) is 11.8 Å². The molecule has 2 amide bonds. The van der Waals surface area contributed by atoms with Gasteiger partial charge in [-0.3, -0.25) is 14.4 Å². The molecule has 35 heavy (non-hydrogen) atoms. The maximum absolute atomic E-state index is 13.2. The van der Waals surface area contributed by atoms with Gasteiger partial charge in [-0.25, -0.2) is 4.79 Å². The highest BCUT2D eigenvalue weighted by Gasteiger charge is 2.22. The predicted molar refractivity (Wildman–Crippen MR) is 137 cm³/mol. The molecule has 0 spiro atoms. The zero-order chi connectivity index (χ0) is 25.4.